The van der Waals surface area contributed by atoms with Crippen LogP contribution in [-0.2, 0) is 17.9 Å². The summed E-state index contributed by atoms with van der Waals surface area (Å²) in [4.78, 5) is 15.9. The third-order valence-corrected chi connectivity index (χ3v) is 8.13. The monoisotopic (exact) mass is 552 g/mol. The molecule has 2 heterocycles. The number of piperazine rings is 1. The van der Waals surface area contributed by atoms with Gasteiger partial charge in [0.2, 0.25) is 0 Å². The van der Waals surface area contributed by atoms with Crippen molar-refractivity contribution in [1.82, 2.24) is 19.6 Å². The minimum atomic E-state index is -0.756. The maximum atomic E-state index is 10.8. The molecule has 0 bridgehead atoms. The van der Waals surface area contributed by atoms with Gasteiger partial charge in [-0.2, -0.15) is 5.10 Å². The van der Waals surface area contributed by atoms with Crippen molar-refractivity contribution in [2.45, 2.75) is 64.3 Å². The molecule has 1 saturated heterocycles. The van der Waals surface area contributed by atoms with Gasteiger partial charge in [-0.15, -0.1) is 0 Å². The average Bonchev–Trinajstić information content (AvgIpc) is 3.44. The number of rotatable bonds is 11. The Balaban J connectivity index is 1.34. The van der Waals surface area contributed by atoms with E-state index < -0.39 is 5.97 Å². The molecule has 1 aliphatic heterocycles. The molecular formula is C34H40N4O3. The molecule has 0 saturated carbocycles. The summed E-state index contributed by atoms with van der Waals surface area (Å²) in [6, 6.07) is 27.7. The summed E-state index contributed by atoms with van der Waals surface area (Å²) >= 11 is 0. The molecule has 3 atom stereocenters. The van der Waals surface area contributed by atoms with Gasteiger partial charge in [0.15, 0.2) is 0 Å². The summed E-state index contributed by atoms with van der Waals surface area (Å²) in [5, 5.41) is 23.7. The summed E-state index contributed by atoms with van der Waals surface area (Å²) in [7, 11) is 0. The fourth-order valence-electron chi connectivity index (χ4n) is 5.94. The molecule has 7 nitrogen and oxygen atoms in total. The number of phenolic OH excluding ortho intramolecular Hbond substituents is 1. The first-order valence-corrected chi connectivity index (χ1v) is 14.5. The maximum absolute atomic E-state index is 10.8. The number of benzene rings is 3. The molecule has 0 spiro atoms. The number of hydrogen-bond donors (Lipinski definition) is 2. The summed E-state index contributed by atoms with van der Waals surface area (Å²) in [6.07, 6.45) is 5.52. The number of phenols is 1. The number of unbranched alkanes of at least 4 members (excludes halogenated alkanes) is 1. The van der Waals surface area contributed by atoms with Gasteiger partial charge < -0.3 is 10.2 Å². The largest absolute Gasteiger partial charge is 0.508 e. The maximum Gasteiger partial charge on any atom is 0.303 e. The molecule has 41 heavy (non-hydrogen) atoms. The molecule has 4 aromatic rings. The van der Waals surface area contributed by atoms with E-state index in [0.717, 1.165) is 42.7 Å². The van der Waals surface area contributed by atoms with Gasteiger partial charge in [-0.3, -0.25) is 19.3 Å². The standard InChI is InChI=1S/C34H40N4O3/c1-25-22-38(26(2)21-36(25)23-27-9-4-3-5-10-27)34(30-11-8-12-32(39)19-30)29-16-14-28(15-17-29)31-20-35-37(24-31)18-7-6-13-33(40)41/h3-5,8-12,14-17,19-20,24-26,34,39H,6-7,13,18,21-23H2,1-2H3,(H,40,41). The number of carboxylic acid groups (broad SMARTS) is 1. The lowest BCUT2D eigenvalue weighted by molar-refractivity contribution is -0.137. The van der Waals surface area contributed by atoms with Crippen LogP contribution in [0.1, 0.15) is 55.8 Å². The molecule has 1 aliphatic rings. The van der Waals surface area contributed by atoms with Crippen LogP contribution in [0.2, 0.25) is 0 Å². The van der Waals surface area contributed by atoms with E-state index in [9.17, 15) is 9.90 Å². The number of aromatic nitrogens is 2. The smallest absolute Gasteiger partial charge is 0.303 e. The fourth-order valence-corrected chi connectivity index (χ4v) is 5.94. The van der Waals surface area contributed by atoms with Gasteiger partial charge in [-0.05, 0) is 61.1 Å². The number of aromatic hydroxyl groups is 1. The van der Waals surface area contributed by atoms with Crippen LogP contribution < -0.4 is 0 Å². The van der Waals surface area contributed by atoms with Crippen molar-refractivity contribution in [3.63, 3.8) is 0 Å². The van der Waals surface area contributed by atoms with Crippen molar-refractivity contribution in [3.8, 4) is 16.9 Å². The highest BCUT2D eigenvalue weighted by Crippen LogP contribution is 2.35. The highest BCUT2D eigenvalue weighted by molar-refractivity contribution is 5.66. The van der Waals surface area contributed by atoms with Gasteiger partial charge in [0, 0.05) is 56.4 Å². The quantitative estimate of drug-likeness (QED) is 0.216. The molecule has 1 aromatic heterocycles. The van der Waals surface area contributed by atoms with Crippen LogP contribution in [0.15, 0.2) is 91.3 Å². The van der Waals surface area contributed by atoms with Gasteiger partial charge in [0.05, 0.1) is 12.2 Å². The highest BCUT2D eigenvalue weighted by atomic mass is 16.4. The molecule has 0 aliphatic carbocycles. The molecule has 214 valence electrons. The lowest BCUT2D eigenvalue weighted by Gasteiger charge is -2.47. The van der Waals surface area contributed by atoms with Crippen molar-refractivity contribution >= 4 is 5.97 Å². The molecule has 2 N–H and O–H groups in total. The Hall–Kier alpha value is -3.94. The topological polar surface area (TPSA) is 81.8 Å². The van der Waals surface area contributed by atoms with Crippen molar-refractivity contribution in [2.24, 2.45) is 0 Å². The minimum absolute atomic E-state index is 0.0180. The third-order valence-electron chi connectivity index (χ3n) is 8.13. The van der Waals surface area contributed by atoms with Crippen molar-refractivity contribution < 1.29 is 15.0 Å². The molecule has 3 aromatic carbocycles. The first kappa shape index (κ1) is 28.6. The number of carboxylic acids is 1. The van der Waals surface area contributed by atoms with Gasteiger partial charge in [0.25, 0.3) is 0 Å². The predicted molar refractivity (Wildman–Crippen MR) is 162 cm³/mol. The lowest BCUT2D eigenvalue weighted by atomic mass is 9.92. The SMILES string of the molecule is CC1CN(C(c2ccc(-c3cnn(CCCCC(=O)O)c3)cc2)c2cccc(O)c2)C(C)CN1Cc1ccccc1. The average molecular weight is 553 g/mol. The second-order valence-corrected chi connectivity index (χ2v) is 11.3. The Morgan fingerprint density at radius 2 is 1.68 bits per heavy atom. The second kappa shape index (κ2) is 13.1. The third kappa shape index (κ3) is 7.23. The van der Waals surface area contributed by atoms with Crippen molar-refractivity contribution in [2.75, 3.05) is 13.1 Å². The molecule has 1 fully saturated rings. The van der Waals surface area contributed by atoms with Gasteiger partial charge >= 0.3 is 5.97 Å². The van der Waals surface area contributed by atoms with Crippen LogP contribution in [0.3, 0.4) is 0 Å². The first-order chi connectivity index (χ1) is 19.9. The van der Waals surface area contributed by atoms with E-state index in [1.807, 2.05) is 29.2 Å². The van der Waals surface area contributed by atoms with Gasteiger partial charge in [-0.25, -0.2) is 0 Å². The number of aliphatic carboxylic acids is 1. The molecule has 0 radical (unpaired) electrons. The van der Waals surface area contributed by atoms with Crippen LogP contribution in [0.4, 0.5) is 0 Å². The lowest BCUT2D eigenvalue weighted by Crippen LogP contribution is -2.56. The summed E-state index contributed by atoms with van der Waals surface area (Å²) < 4.78 is 1.89. The van der Waals surface area contributed by atoms with Crippen LogP contribution in [0.25, 0.3) is 11.1 Å². The van der Waals surface area contributed by atoms with Gasteiger partial charge in [0.1, 0.15) is 5.75 Å². The second-order valence-electron chi connectivity index (χ2n) is 11.3. The van der Waals surface area contributed by atoms with E-state index in [2.05, 4.69) is 89.4 Å². The molecular weight excluding hydrogens is 512 g/mol. The van der Waals surface area contributed by atoms with E-state index in [0.29, 0.717) is 25.0 Å². The Labute approximate surface area is 242 Å². The summed E-state index contributed by atoms with van der Waals surface area (Å²) in [5.74, 6) is -0.475. The van der Waals surface area contributed by atoms with Crippen LogP contribution >= 0.6 is 0 Å². The Morgan fingerprint density at radius 3 is 2.41 bits per heavy atom. The summed E-state index contributed by atoms with van der Waals surface area (Å²) in [6.45, 7) is 8.15. The summed E-state index contributed by atoms with van der Waals surface area (Å²) in [5.41, 5.74) is 5.75. The molecule has 0 amide bonds. The first-order valence-electron chi connectivity index (χ1n) is 14.5. The van der Waals surface area contributed by atoms with E-state index in [4.69, 9.17) is 5.11 Å². The zero-order valence-electron chi connectivity index (χ0n) is 23.9. The Morgan fingerprint density at radius 1 is 0.902 bits per heavy atom. The van der Waals surface area contributed by atoms with E-state index >= 15 is 0 Å². The number of aryl methyl sites for hydroxylation is 1. The number of nitrogens with zero attached hydrogens (tertiary/aromatic N) is 4. The normalized spacial score (nSPS) is 18.8. The molecule has 3 unspecified atom stereocenters. The molecule has 7 heteroatoms. The van der Waals surface area contributed by atoms with Crippen molar-refractivity contribution in [1.29, 1.82) is 0 Å². The minimum Gasteiger partial charge on any atom is -0.508 e. The Bertz CT molecular complexity index is 1420. The van der Waals surface area contributed by atoms with E-state index in [-0.39, 0.29) is 18.2 Å². The van der Waals surface area contributed by atoms with Crippen LogP contribution in [-0.4, -0.2) is 60.9 Å². The molecule has 5 rings (SSSR count). The predicted octanol–water partition coefficient (Wildman–Crippen LogP) is 6.19. The van der Waals surface area contributed by atoms with Crippen molar-refractivity contribution in [3.05, 3.63) is 108 Å². The number of hydrogen-bond acceptors (Lipinski definition) is 5. The van der Waals surface area contributed by atoms with Crippen LogP contribution in [0, 0.1) is 0 Å². The fraction of sp³-hybridized carbons (Fsp3) is 0.353. The Kier molecular flexibility index (Phi) is 9.17. The highest BCUT2D eigenvalue weighted by Gasteiger charge is 2.35. The van der Waals surface area contributed by atoms with Gasteiger partial charge in [-0.1, -0.05) is 66.7 Å². The van der Waals surface area contributed by atoms with E-state index in [1.54, 1.807) is 6.07 Å². The zero-order valence-corrected chi connectivity index (χ0v) is 23.9. The number of carbonyl (C=O) groups is 1. The van der Waals surface area contributed by atoms with Crippen LogP contribution in [0.5, 0.6) is 5.75 Å². The zero-order chi connectivity index (χ0) is 28.8. The van der Waals surface area contributed by atoms with E-state index in [1.165, 1.54) is 11.1 Å².